The summed E-state index contributed by atoms with van der Waals surface area (Å²) >= 11 is 6.95. The van der Waals surface area contributed by atoms with Gasteiger partial charge in [-0.15, -0.1) is 0 Å². The highest BCUT2D eigenvalue weighted by atomic mass is 127. The monoisotopic (exact) mass is 624 g/mol. The van der Waals surface area contributed by atoms with E-state index in [1.54, 1.807) is 4.90 Å². The average Bonchev–Trinajstić information content (AvgIpc) is 2.84. The van der Waals surface area contributed by atoms with Crippen LogP contribution in [0.15, 0.2) is 0 Å². The Morgan fingerprint density at radius 2 is 1.71 bits per heavy atom. The van der Waals surface area contributed by atoms with E-state index in [1.807, 2.05) is 13.8 Å². The zero-order valence-corrected chi connectivity index (χ0v) is 18.2. The van der Waals surface area contributed by atoms with Crippen LogP contribution in [0.2, 0.25) is 0 Å². The third-order valence-electron chi connectivity index (χ3n) is 3.56. The number of hydrogen-bond acceptors (Lipinski definition) is 2. The molecule has 1 aromatic rings. The van der Waals surface area contributed by atoms with Crippen molar-refractivity contribution in [2.75, 3.05) is 18.4 Å². The molecule has 4 nitrogen and oxygen atoms in total. The van der Waals surface area contributed by atoms with Gasteiger partial charge in [0.15, 0.2) is 0 Å². The van der Waals surface area contributed by atoms with Crippen LogP contribution in [0.3, 0.4) is 0 Å². The van der Waals surface area contributed by atoms with Gasteiger partial charge in [0.2, 0.25) is 11.8 Å². The first-order valence-corrected chi connectivity index (χ1v) is 9.77. The second kappa shape index (κ2) is 7.28. The van der Waals surface area contributed by atoms with Gasteiger partial charge in [0.1, 0.15) is 0 Å². The number of carbonyl (C=O) groups is 2. The summed E-state index contributed by atoms with van der Waals surface area (Å²) in [5, 5.41) is 2.99. The molecular weight excluding hydrogens is 609 g/mol. The quantitative estimate of drug-likeness (QED) is 0.413. The Morgan fingerprint density at radius 1 is 1.14 bits per heavy atom. The standard InChI is InChI=1S/C14H15I3N2O2/c1-7-11(15)13(17)12(16)8(2)14(7)18-9(20)6-19-5-3-4-10(19)21/h3-6H2,1-2H3,(H,18,20). The van der Waals surface area contributed by atoms with Crippen molar-refractivity contribution in [3.05, 3.63) is 21.8 Å². The molecule has 0 aromatic heterocycles. The molecule has 1 heterocycles. The maximum absolute atomic E-state index is 12.2. The second-order valence-corrected chi connectivity index (χ2v) is 8.27. The first kappa shape index (κ1) is 17.7. The molecule has 21 heavy (non-hydrogen) atoms. The number of hydrogen-bond donors (Lipinski definition) is 1. The molecule has 1 aliphatic rings. The maximum atomic E-state index is 12.2. The molecule has 0 atom stereocenters. The lowest BCUT2D eigenvalue weighted by molar-refractivity contribution is -0.131. The molecule has 1 aromatic carbocycles. The number of benzene rings is 1. The Hall–Kier alpha value is 0.350. The van der Waals surface area contributed by atoms with Gasteiger partial charge in [-0.2, -0.15) is 0 Å². The molecule has 1 saturated heterocycles. The minimum atomic E-state index is -0.121. The molecule has 0 aliphatic carbocycles. The summed E-state index contributed by atoms with van der Waals surface area (Å²) in [6, 6.07) is 0. The van der Waals surface area contributed by atoms with E-state index in [9.17, 15) is 9.59 Å². The first-order valence-electron chi connectivity index (χ1n) is 6.54. The summed E-state index contributed by atoms with van der Waals surface area (Å²) < 4.78 is 3.54. The van der Waals surface area contributed by atoms with Crippen LogP contribution in [0.1, 0.15) is 24.0 Å². The molecule has 114 valence electrons. The van der Waals surface area contributed by atoms with Crippen molar-refractivity contribution in [2.24, 2.45) is 0 Å². The van der Waals surface area contributed by atoms with E-state index in [1.165, 1.54) is 3.57 Å². The lowest BCUT2D eigenvalue weighted by Gasteiger charge is -2.19. The molecule has 0 bridgehead atoms. The van der Waals surface area contributed by atoms with Gasteiger partial charge in [-0.05, 0) is 99.2 Å². The van der Waals surface area contributed by atoms with Crippen LogP contribution >= 0.6 is 67.8 Å². The fourth-order valence-electron chi connectivity index (χ4n) is 2.34. The third-order valence-corrected chi connectivity index (χ3v) is 9.40. The van der Waals surface area contributed by atoms with E-state index in [2.05, 4.69) is 73.1 Å². The van der Waals surface area contributed by atoms with Gasteiger partial charge in [0.05, 0.1) is 6.54 Å². The fraction of sp³-hybridized carbons (Fsp3) is 0.429. The number of amides is 2. The van der Waals surface area contributed by atoms with Crippen molar-refractivity contribution in [3.63, 3.8) is 0 Å². The van der Waals surface area contributed by atoms with E-state index in [0.29, 0.717) is 13.0 Å². The summed E-state index contributed by atoms with van der Waals surface area (Å²) in [5.74, 6) is -0.0466. The van der Waals surface area contributed by atoms with Gasteiger partial charge in [0.25, 0.3) is 0 Å². The van der Waals surface area contributed by atoms with Crippen LogP contribution in [0.5, 0.6) is 0 Å². The predicted molar refractivity (Wildman–Crippen MR) is 109 cm³/mol. The summed E-state index contributed by atoms with van der Waals surface area (Å²) in [6.07, 6.45) is 1.41. The number of rotatable bonds is 3. The molecule has 0 spiro atoms. The highest BCUT2D eigenvalue weighted by Gasteiger charge is 2.23. The zero-order chi connectivity index (χ0) is 15.7. The Labute approximate surface area is 165 Å². The number of nitrogens with zero attached hydrogens (tertiary/aromatic N) is 1. The van der Waals surface area contributed by atoms with E-state index in [-0.39, 0.29) is 18.4 Å². The number of halogens is 3. The van der Waals surface area contributed by atoms with Gasteiger partial charge in [-0.3, -0.25) is 9.59 Å². The van der Waals surface area contributed by atoms with Gasteiger partial charge in [0, 0.05) is 29.4 Å². The summed E-state index contributed by atoms with van der Waals surface area (Å²) in [5.41, 5.74) is 3.04. The topological polar surface area (TPSA) is 49.4 Å². The Kier molecular flexibility index (Phi) is 6.14. The van der Waals surface area contributed by atoms with Crippen molar-refractivity contribution in [3.8, 4) is 0 Å². The van der Waals surface area contributed by atoms with Crippen LogP contribution in [0, 0.1) is 24.6 Å². The lowest BCUT2D eigenvalue weighted by Crippen LogP contribution is -2.34. The van der Waals surface area contributed by atoms with Gasteiger partial charge >= 0.3 is 0 Å². The van der Waals surface area contributed by atoms with E-state index >= 15 is 0 Å². The molecule has 0 unspecified atom stereocenters. The summed E-state index contributed by atoms with van der Waals surface area (Å²) in [6.45, 7) is 4.87. The summed E-state index contributed by atoms with van der Waals surface area (Å²) in [7, 11) is 0. The highest BCUT2D eigenvalue weighted by Crippen LogP contribution is 2.34. The number of carbonyl (C=O) groups excluding carboxylic acids is 2. The van der Waals surface area contributed by atoms with E-state index in [0.717, 1.165) is 30.4 Å². The van der Waals surface area contributed by atoms with Crippen molar-refractivity contribution in [1.82, 2.24) is 4.90 Å². The molecule has 2 rings (SSSR count). The molecule has 0 saturated carbocycles. The van der Waals surface area contributed by atoms with Crippen molar-refractivity contribution in [2.45, 2.75) is 26.7 Å². The minimum Gasteiger partial charge on any atom is -0.333 e. The molecule has 1 N–H and O–H groups in total. The molecule has 1 fully saturated rings. The van der Waals surface area contributed by atoms with Crippen LogP contribution < -0.4 is 5.32 Å². The third kappa shape index (κ3) is 3.82. The van der Waals surface area contributed by atoms with E-state index in [4.69, 9.17) is 0 Å². The molecule has 1 aliphatic heterocycles. The first-order chi connectivity index (χ1) is 9.82. The Balaban J connectivity index is 2.20. The van der Waals surface area contributed by atoms with Crippen molar-refractivity contribution >= 4 is 85.3 Å². The smallest absolute Gasteiger partial charge is 0.244 e. The number of nitrogens with one attached hydrogen (secondary N) is 1. The van der Waals surface area contributed by atoms with Gasteiger partial charge in [-0.25, -0.2) is 0 Å². The minimum absolute atomic E-state index is 0.0744. The Bertz CT molecular complexity index is 588. The van der Waals surface area contributed by atoms with Crippen LogP contribution in [-0.2, 0) is 9.59 Å². The normalized spacial score (nSPS) is 14.7. The molecule has 2 amide bonds. The van der Waals surface area contributed by atoms with Crippen molar-refractivity contribution in [1.29, 1.82) is 0 Å². The largest absolute Gasteiger partial charge is 0.333 e. The molecular formula is C14H15I3N2O2. The van der Waals surface area contributed by atoms with E-state index < -0.39 is 0 Å². The SMILES string of the molecule is Cc1c(I)c(I)c(I)c(C)c1NC(=O)CN1CCCC1=O. The van der Waals surface area contributed by atoms with Crippen LogP contribution in [-0.4, -0.2) is 29.8 Å². The number of anilines is 1. The number of likely N-dealkylation sites (tertiary alicyclic amines) is 1. The Morgan fingerprint density at radius 3 is 2.19 bits per heavy atom. The molecule has 7 heteroatoms. The van der Waals surface area contributed by atoms with Gasteiger partial charge in [-0.1, -0.05) is 0 Å². The lowest BCUT2D eigenvalue weighted by atomic mass is 10.1. The summed E-state index contributed by atoms with van der Waals surface area (Å²) in [4.78, 5) is 25.4. The highest BCUT2D eigenvalue weighted by molar-refractivity contribution is 14.1. The zero-order valence-electron chi connectivity index (χ0n) is 11.7. The second-order valence-electron chi connectivity index (χ2n) is 5.03. The van der Waals surface area contributed by atoms with Crippen LogP contribution in [0.25, 0.3) is 0 Å². The van der Waals surface area contributed by atoms with Gasteiger partial charge < -0.3 is 10.2 Å². The fourth-order valence-corrected chi connectivity index (χ4v) is 4.74. The molecule has 0 radical (unpaired) electrons. The van der Waals surface area contributed by atoms with Crippen LogP contribution in [0.4, 0.5) is 5.69 Å². The maximum Gasteiger partial charge on any atom is 0.244 e. The predicted octanol–water partition coefficient (Wildman–Crippen LogP) is 3.68. The van der Waals surface area contributed by atoms with Crippen molar-refractivity contribution < 1.29 is 9.59 Å². The average molecular weight is 624 g/mol.